The van der Waals surface area contributed by atoms with E-state index in [4.69, 9.17) is 9.47 Å². The van der Waals surface area contributed by atoms with E-state index in [1.807, 2.05) is 6.92 Å². The number of aryl methyl sites for hydroxylation is 1. The highest BCUT2D eigenvalue weighted by Gasteiger charge is 2.30. The number of hydrogen-bond acceptors (Lipinski definition) is 8. The number of allylic oxidation sites excluding steroid dienone is 1. The highest BCUT2D eigenvalue weighted by atomic mass is 32.2. The van der Waals surface area contributed by atoms with Crippen molar-refractivity contribution in [1.82, 2.24) is 14.8 Å². The molecule has 0 spiro atoms. The van der Waals surface area contributed by atoms with Gasteiger partial charge in [0.15, 0.2) is 11.0 Å². The van der Waals surface area contributed by atoms with Crippen LogP contribution in [-0.4, -0.2) is 39.0 Å². The SMILES string of the molecule is C=CCn1c(COc2cccc(C(F)(F)F)c2)nnc1SCC(=O)Nc1sc(C)cc1C(=O)OCC. The van der Waals surface area contributed by atoms with Gasteiger partial charge in [0.25, 0.3) is 0 Å². The van der Waals surface area contributed by atoms with Crippen molar-refractivity contribution in [3.05, 3.63) is 64.8 Å². The largest absolute Gasteiger partial charge is 0.486 e. The van der Waals surface area contributed by atoms with Gasteiger partial charge in [0.2, 0.25) is 5.91 Å². The van der Waals surface area contributed by atoms with E-state index >= 15 is 0 Å². The van der Waals surface area contributed by atoms with E-state index in [0.717, 1.165) is 28.8 Å². The van der Waals surface area contributed by atoms with Crippen LogP contribution in [0.3, 0.4) is 0 Å². The van der Waals surface area contributed by atoms with Crippen LogP contribution < -0.4 is 10.1 Å². The highest BCUT2D eigenvalue weighted by Crippen LogP contribution is 2.32. The van der Waals surface area contributed by atoms with Crippen LogP contribution >= 0.6 is 23.1 Å². The zero-order valence-corrected chi connectivity index (χ0v) is 21.1. The summed E-state index contributed by atoms with van der Waals surface area (Å²) < 4.78 is 51.0. The highest BCUT2D eigenvalue weighted by molar-refractivity contribution is 7.99. The molecule has 1 N–H and O–H groups in total. The number of carbonyl (C=O) groups is 2. The first-order chi connectivity index (χ1) is 17.1. The summed E-state index contributed by atoms with van der Waals surface area (Å²) in [7, 11) is 0. The molecule has 3 aromatic rings. The number of rotatable bonds is 11. The number of thiophene rings is 1. The Morgan fingerprint density at radius 2 is 2.06 bits per heavy atom. The van der Waals surface area contributed by atoms with Crippen molar-refractivity contribution >= 4 is 40.0 Å². The van der Waals surface area contributed by atoms with Gasteiger partial charge < -0.3 is 14.8 Å². The first kappa shape index (κ1) is 27.3. The summed E-state index contributed by atoms with van der Waals surface area (Å²) in [6.07, 6.45) is -2.88. The van der Waals surface area contributed by atoms with Crippen molar-refractivity contribution in [2.75, 3.05) is 17.7 Å². The number of carbonyl (C=O) groups excluding carboxylic acids is 2. The van der Waals surface area contributed by atoms with Crippen LogP contribution in [0.1, 0.15) is 33.5 Å². The fourth-order valence-electron chi connectivity index (χ4n) is 3.02. The Kier molecular flexibility index (Phi) is 9.15. The number of hydrogen-bond donors (Lipinski definition) is 1. The lowest BCUT2D eigenvalue weighted by molar-refractivity contribution is -0.137. The number of nitrogens with zero attached hydrogens (tertiary/aromatic N) is 3. The molecular weight excluding hydrogens is 517 g/mol. The Morgan fingerprint density at radius 1 is 1.28 bits per heavy atom. The quantitative estimate of drug-likeness (QED) is 0.199. The van der Waals surface area contributed by atoms with Gasteiger partial charge in [0.1, 0.15) is 17.4 Å². The van der Waals surface area contributed by atoms with Crippen LogP contribution in [0, 0.1) is 6.92 Å². The first-order valence-electron chi connectivity index (χ1n) is 10.7. The maximum absolute atomic E-state index is 12.9. The zero-order valence-electron chi connectivity index (χ0n) is 19.4. The van der Waals surface area contributed by atoms with Crippen LogP contribution in [-0.2, 0) is 28.9 Å². The molecule has 2 heterocycles. The molecule has 1 aromatic carbocycles. The minimum absolute atomic E-state index is 0.0248. The summed E-state index contributed by atoms with van der Waals surface area (Å²) in [4.78, 5) is 25.5. The van der Waals surface area contributed by atoms with E-state index in [0.29, 0.717) is 28.1 Å². The number of anilines is 1. The summed E-state index contributed by atoms with van der Waals surface area (Å²) in [6.45, 7) is 7.60. The van der Waals surface area contributed by atoms with E-state index in [2.05, 4.69) is 22.1 Å². The molecule has 192 valence electrons. The second kappa shape index (κ2) is 12.1. The number of ether oxygens (including phenoxy) is 2. The Balaban J connectivity index is 1.65. The number of alkyl halides is 3. The van der Waals surface area contributed by atoms with Crippen molar-refractivity contribution in [2.24, 2.45) is 0 Å². The van der Waals surface area contributed by atoms with E-state index < -0.39 is 17.7 Å². The molecule has 3 rings (SSSR count). The molecule has 0 atom stereocenters. The summed E-state index contributed by atoms with van der Waals surface area (Å²) >= 11 is 2.37. The number of benzene rings is 1. The second-order valence-corrected chi connectivity index (χ2v) is 9.47. The Hall–Kier alpha value is -3.32. The van der Waals surface area contributed by atoms with Crippen molar-refractivity contribution in [2.45, 2.75) is 38.3 Å². The summed E-state index contributed by atoms with van der Waals surface area (Å²) in [6, 6.07) is 6.20. The van der Waals surface area contributed by atoms with Crippen LogP contribution in [0.5, 0.6) is 5.75 Å². The Morgan fingerprint density at radius 3 is 2.75 bits per heavy atom. The molecule has 0 saturated carbocycles. The van der Waals surface area contributed by atoms with Crippen LogP contribution in [0.4, 0.5) is 18.2 Å². The molecule has 0 aliphatic heterocycles. The van der Waals surface area contributed by atoms with Gasteiger partial charge in [0, 0.05) is 11.4 Å². The van der Waals surface area contributed by atoms with Gasteiger partial charge in [-0.15, -0.1) is 28.1 Å². The predicted octanol–water partition coefficient (Wildman–Crippen LogP) is 5.34. The predicted molar refractivity (Wildman–Crippen MR) is 130 cm³/mol. The molecule has 2 aromatic heterocycles. The molecular formula is C23H23F3N4O4S2. The second-order valence-electron chi connectivity index (χ2n) is 7.27. The van der Waals surface area contributed by atoms with Gasteiger partial charge >= 0.3 is 12.1 Å². The molecule has 0 radical (unpaired) electrons. The lowest BCUT2D eigenvalue weighted by Crippen LogP contribution is -2.16. The fourth-order valence-corrected chi connectivity index (χ4v) is 4.70. The molecule has 0 unspecified atom stereocenters. The maximum atomic E-state index is 12.9. The minimum Gasteiger partial charge on any atom is -0.486 e. The number of halogens is 3. The smallest absolute Gasteiger partial charge is 0.416 e. The Labute approximate surface area is 213 Å². The molecule has 0 aliphatic carbocycles. The normalized spacial score (nSPS) is 11.2. The van der Waals surface area contributed by atoms with Gasteiger partial charge in [-0.2, -0.15) is 13.2 Å². The van der Waals surface area contributed by atoms with Crippen molar-refractivity contribution in [3.63, 3.8) is 0 Å². The molecule has 0 bridgehead atoms. The minimum atomic E-state index is -4.48. The van der Waals surface area contributed by atoms with E-state index in [1.54, 1.807) is 23.6 Å². The molecule has 1 amide bonds. The van der Waals surface area contributed by atoms with Crippen molar-refractivity contribution < 1.29 is 32.2 Å². The van der Waals surface area contributed by atoms with Gasteiger partial charge in [-0.05, 0) is 38.1 Å². The summed E-state index contributed by atoms with van der Waals surface area (Å²) in [5, 5.41) is 11.7. The van der Waals surface area contributed by atoms with Gasteiger partial charge in [-0.25, -0.2) is 4.79 Å². The van der Waals surface area contributed by atoms with E-state index in [9.17, 15) is 22.8 Å². The topological polar surface area (TPSA) is 95.3 Å². The van der Waals surface area contributed by atoms with Crippen LogP contribution in [0.25, 0.3) is 0 Å². The number of amides is 1. The zero-order chi connectivity index (χ0) is 26.3. The number of nitrogens with one attached hydrogen (secondary N) is 1. The standard InChI is InChI=1S/C23H23F3N4O4S2/c1-4-9-30-18(12-34-16-8-6-7-15(11-16)23(24,25)26)28-29-22(30)35-13-19(31)27-20-17(10-14(3)36-20)21(32)33-5-2/h4,6-8,10-11H,1,5,9,12-13H2,2-3H3,(H,27,31). The van der Waals surface area contributed by atoms with Crippen LogP contribution in [0.2, 0.25) is 0 Å². The number of thioether (sulfide) groups is 1. The molecule has 0 aliphatic rings. The number of aromatic nitrogens is 3. The van der Waals surface area contributed by atoms with E-state index in [1.165, 1.54) is 23.5 Å². The third-order valence-electron chi connectivity index (χ3n) is 4.57. The Bertz CT molecular complexity index is 1240. The first-order valence-corrected chi connectivity index (χ1v) is 12.5. The van der Waals surface area contributed by atoms with Gasteiger partial charge in [-0.3, -0.25) is 9.36 Å². The third kappa shape index (κ3) is 7.10. The maximum Gasteiger partial charge on any atom is 0.416 e. The lowest BCUT2D eigenvalue weighted by atomic mass is 10.2. The number of esters is 1. The molecule has 8 nitrogen and oxygen atoms in total. The molecule has 36 heavy (non-hydrogen) atoms. The monoisotopic (exact) mass is 540 g/mol. The molecule has 0 fully saturated rings. The third-order valence-corrected chi connectivity index (χ3v) is 6.50. The van der Waals surface area contributed by atoms with Gasteiger partial charge in [0.05, 0.1) is 23.5 Å². The average Bonchev–Trinajstić information content (AvgIpc) is 3.39. The lowest BCUT2D eigenvalue weighted by Gasteiger charge is -2.11. The molecule has 0 saturated heterocycles. The fraction of sp³-hybridized carbons (Fsp3) is 0.304. The summed E-state index contributed by atoms with van der Waals surface area (Å²) in [5.41, 5.74) is -0.525. The van der Waals surface area contributed by atoms with Crippen LogP contribution in [0.15, 0.2) is 48.1 Å². The molecule has 13 heteroatoms. The van der Waals surface area contributed by atoms with Crippen molar-refractivity contribution in [1.29, 1.82) is 0 Å². The average molecular weight is 541 g/mol. The van der Waals surface area contributed by atoms with Gasteiger partial charge in [-0.1, -0.05) is 23.9 Å². The van der Waals surface area contributed by atoms with Crippen molar-refractivity contribution in [3.8, 4) is 5.75 Å². The summed E-state index contributed by atoms with van der Waals surface area (Å²) in [5.74, 6) is -0.504. The van der Waals surface area contributed by atoms with E-state index in [-0.39, 0.29) is 30.6 Å².